The largest absolute Gasteiger partial charge is 0.469 e. The molecular formula is C32H47NO4. The van der Waals surface area contributed by atoms with E-state index in [9.17, 15) is 20.0 Å². The van der Waals surface area contributed by atoms with E-state index in [2.05, 4.69) is 40.7 Å². The lowest BCUT2D eigenvalue weighted by molar-refractivity contribution is -0.260. The Bertz CT molecular complexity index is 1100. The Kier molecular flexibility index (Phi) is 5.77. The summed E-state index contributed by atoms with van der Waals surface area (Å²) in [6.07, 6.45) is 8.54. The van der Waals surface area contributed by atoms with E-state index >= 15 is 0 Å². The van der Waals surface area contributed by atoms with Crippen molar-refractivity contribution >= 4 is 11.8 Å². The average molecular weight is 510 g/mol. The number of aliphatic hydroxyl groups is 1. The third-order valence-electron chi connectivity index (χ3n) is 13.3. The molecule has 204 valence electrons. The van der Waals surface area contributed by atoms with Crippen LogP contribution in [0.2, 0.25) is 0 Å². The van der Waals surface area contributed by atoms with Gasteiger partial charge in [-0.2, -0.15) is 5.26 Å². The van der Waals surface area contributed by atoms with E-state index in [4.69, 9.17) is 4.74 Å². The molecule has 0 heterocycles. The number of carbonyl (C=O) groups excluding carboxylic acids is 2. The second kappa shape index (κ2) is 7.93. The fourth-order valence-electron chi connectivity index (χ4n) is 11.2. The molecule has 4 fully saturated rings. The van der Waals surface area contributed by atoms with Gasteiger partial charge in [-0.05, 0) is 96.7 Å². The van der Waals surface area contributed by atoms with Crippen LogP contribution in [0.1, 0.15) is 99.8 Å². The molecule has 0 radical (unpaired) electrons. The van der Waals surface area contributed by atoms with Gasteiger partial charge in [-0.3, -0.25) is 9.59 Å². The number of methoxy groups -OCH3 is 1. The van der Waals surface area contributed by atoms with Crippen LogP contribution in [0.25, 0.3) is 0 Å². The normalized spacial score (nSPS) is 49.8. The van der Waals surface area contributed by atoms with Crippen LogP contribution in [0.5, 0.6) is 0 Å². The molecule has 0 bridgehead atoms. The molecule has 5 nitrogen and oxygen atoms in total. The van der Waals surface area contributed by atoms with E-state index in [0.717, 1.165) is 44.9 Å². The highest BCUT2D eigenvalue weighted by molar-refractivity contribution is 6.04. The van der Waals surface area contributed by atoms with Crippen molar-refractivity contribution in [2.24, 2.45) is 56.2 Å². The zero-order valence-electron chi connectivity index (χ0n) is 24.2. The summed E-state index contributed by atoms with van der Waals surface area (Å²) in [5.74, 6) is 0.300. The molecular weight excluding hydrogens is 462 g/mol. The van der Waals surface area contributed by atoms with Crippen molar-refractivity contribution in [3.63, 3.8) is 0 Å². The maximum absolute atomic E-state index is 13.4. The predicted octanol–water partition coefficient (Wildman–Crippen LogP) is 6.25. The van der Waals surface area contributed by atoms with Gasteiger partial charge in [0.15, 0.2) is 5.78 Å². The molecule has 9 atom stereocenters. The van der Waals surface area contributed by atoms with Gasteiger partial charge in [0.1, 0.15) is 6.07 Å². The van der Waals surface area contributed by atoms with Crippen molar-refractivity contribution in [1.82, 2.24) is 0 Å². The highest BCUT2D eigenvalue weighted by Crippen LogP contribution is 2.76. The monoisotopic (exact) mass is 509 g/mol. The molecule has 5 rings (SSSR count). The van der Waals surface area contributed by atoms with Gasteiger partial charge in [0.25, 0.3) is 0 Å². The second-order valence-electron chi connectivity index (χ2n) is 15.5. The molecule has 4 saturated carbocycles. The highest BCUT2D eigenvalue weighted by atomic mass is 16.5. The number of hydrogen-bond donors (Lipinski definition) is 1. The molecule has 0 saturated heterocycles. The van der Waals surface area contributed by atoms with Crippen LogP contribution in [0.15, 0.2) is 11.6 Å². The van der Waals surface area contributed by atoms with E-state index in [1.807, 2.05) is 19.9 Å². The number of nitriles is 1. The third-order valence-corrected chi connectivity index (χ3v) is 13.3. The van der Waals surface area contributed by atoms with Crippen molar-refractivity contribution in [1.29, 1.82) is 5.26 Å². The fraction of sp³-hybridized carbons (Fsp3) is 0.844. The van der Waals surface area contributed by atoms with Crippen LogP contribution < -0.4 is 0 Å². The lowest BCUT2D eigenvalue weighted by atomic mass is 9.31. The number of ketones is 1. The first-order valence-corrected chi connectivity index (χ1v) is 14.5. The van der Waals surface area contributed by atoms with Crippen molar-refractivity contribution in [2.45, 2.75) is 106 Å². The Morgan fingerprint density at radius 3 is 2.27 bits per heavy atom. The third kappa shape index (κ3) is 3.23. The number of Topliss-reactive ketones (excluding diaryl/α,β-unsaturated/α-hetero) is 1. The van der Waals surface area contributed by atoms with Gasteiger partial charge in [0, 0.05) is 5.41 Å². The summed E-state index contributed by atoms with van der Waals surface area (Å²) in [7, 11) is 1.52. The number of allylic oxidation sites excluding steroid dienone is 2. The zero-order valence-corrected chi connectivity index (χ0v) is 24.2. The van der Waals surface area contributed by atoms with Crippen molar-refractivity contribution in [3.05, 3.63) is 11.6 Å². The highest BCUT2D eigenvalue weighted by Gasteiger charge is 2.73. The first kappa shape index (κ1) is 26.9. The second-order valence-corrected chi connectivity index (χ2v) is 15.5. The molecule has 1 N–H and O–H groups in total. The van der Waals surface area contributed by atoms with E-state index in [-0.39, 0.29) is 62.7 Å². The number of esters is 1. The van der Waals surface area contributed by atoms with Crippen LogP contribution in [-0.4, -0.2) is 30.1 Å². The number of ether oxygens (including phenoxy) is 1. The average Bonchev–Trinajstić information content (AvgIpc) is 2.82. The number of carbonyl (C=O) groups is 2. The first-order chi connectivity index (χ1) is 17.0. The molecule has 0 amide bonds. The Hall–Kier alpha value is -1.67. The van der Waals surface area contributed by atoms with Gasteiger partial charge in [0.2, 0.25) is 0 Å². The van der Waals surface area contributed by atoms with Crippen LogP contribution in [-0.2, 0) is 14.3 Å². The number of hydrogen-bond acceptors (Lipinski definition) is 5. The van der Waals surface area contributed by atoms with E-state index in [1.54, 1.807) is 0 Å². The SMILES string of the molecule is COC(=O)[C@]12CCC(C)(C)C[C@@H]1[C@H]1[C@H](O)C[C@@H]3[C@@]4(C)C=C(C#N)C(=O)C(C)(C)[C@@H]4CC[C@@]3(C)[C@]1(C)CC2. The van der Waals surface area contributed by atoms with Gasteiger partial charge >= 0.3 is 5.97 Å². The minimum atomic E-state index is -0.599. The van der Waals surface area contributed by atoms with Gasteiger partial charge in [-0.1, -0.05) is 54.5 Å². The lowest BCUT2D eigenvalue weighted by Crippen LogP contribution is -2.70. The fourth-order valence-corrected chi connectivity index (χ4v) is 11.2. The maximum Gasteiger partial charge on any atom is 0.312 e. The molecule has 0 spiro atoms. The van der Waals surface area contributed by atoms with Crippen LogP contribution in [0, 0.1) is 67.5 Å². The number of rotatable bonds is 1. The molecule has 0 aromatic carbocycles. The number of nitrogens with zero attached hydrogens (tertiary/aromatic N) is 1. The number of aliphatic hydroxyl groups excluding tert-OH is 1. The summed E-state index contributed by atoms with van der Waals surface area (Å²) in [6, 6.07) is 2.22. The van der Waals surface area contributed by atoms with Gasteiger partial charge in [0.05, 0.1) is 24.2 Å². The molecule has 5 aliphatic rings. The molecule has 37 heavy (non-hydrogen) atoms. The summed E-state index contributed by atoms with van der Waals surface area (Å²) >= 11 is 0. The summed E-state index contributed by atoms with van der Waals surface area (Å²) in [6.45, 7) is 15.7. The summed E-state index contributed by atoms with van der Waals surface area (Å²) in [5.41, 5.74) is -1.25. The lowest BCUT2D eigenvalue weighted by Gasteiger charge is -2.73. The Morgan fingerprint density at radius 1 is 1.00 bits per heavy atom. The van der Waals surface area contributed by atoms with Crippen molar-refractivity contribution < 1.29 is 19.4 Å². The topological polar surface area (TPSA) is 87.4 Å². The van der Waals surface area contributed by atoms with E-state index in [1.165, 1.54) is 7.11 Å². The van der Waals surface area contributed by atoms with Crippen LogP contribution in [0.3, 0.4) is 0 Å². The molecule has 0 unspecified atom stereocenters. The number of fused-ring (bicyclic) bond motifs is 7. The minimum absolute atomic E-state index is 0.0268. The van der Waals surface area contributed by atoms with Crippen molar-refractivity contribution in [3.8, 4) is 6.07 Å². The summed E-state index contributed by atoms with van der Waals surface area (Å²) in [4.78, 5) is 26.7. The smallest absolute Gasteiger partial charge is 0.312 e. The Morgan fingerprint density at radius 2 is 1.65 bits per heavy atom. The van der Waals surface area contributed by atoms with E-state index in [0.29, 0.717) is 6.42 Å². The summed E-state index contributed by atoms with van der Waals surface area (Å²) in [5, 5.41) is 22.0. The van der Waals surface area contributed by atoms with E-state index < -0.39 is 16.9 Å². The molecule has 0 aromatic heterocycles. The minimum Gasteiger partial charge on any atom is -0.469 e. The van der Waals surface area contributed by atoms with Gasteiger partial charge in [-0.25, -0.2) is 0 Å². The van der Waals surface area contributed by atoms with Crippen molar-refractivity contribution in [2.75, 3.05) is 7.11 Å². The van der Waals surface area contributed by atoms with Crippen LogP contribution >= 0.6 is 0 Å². The Balaban J connectivity index is 1.64. The zero-order chi connectivity index (χ0) is 27.4. The van der Waals surface area contributed by atoms with Crippen LogP contribution in [0.4, 0.5) is 0 Å². The van der Waals surface area contributed by atoms with Gasteiger partial charge in [-0.15, -0.1) is 0 Å². The Labute approximate surface area is 223 Å². The molecule has 5 aliphatic carbocycles. The molecule has 0 aliphatic heterocycles. The predicted molar refractivity (Wildman–Crippen MR) is 142 cm³/mol. The van der Waals surface area contributed by atoms with Gasteiger partial charge < -0.3 is 9.84 Å². The standard InChI is InChI=1S/C32H47NO4/c1-27(2)11-13-32(26(36)37-8)14-12-31(7)24(20(32)17-27)21(34)15-23-29(5)16-19(18-33)25(35)28(3,4)22(29)9-10-30(23,31)6/h16,20-24,34H,9-15,17H2,1-8H3/t20-,21-,22+,23-,24+,29+,30-,31-,32+/m1/s1. The first-order valence-electron chi connectivity index (χ1n) is 14.5. The summed E-state index contributed by atoms with van der Waals surface area (Å²) < 4.78 is 5.45. The molecule has 5 heteroatoms. The maximum atomic E-state index is 13.4. The quantitative estimate of drug-likeness (QED) is 0.422. The molecule has 0 aromatic rings.